The molecular formula is C24H25F2N3O3S. The molecule has 0 radical (unpaired) electrons. The molecule has 3 aromatic rings. The van der Waals surface area contributed by atoms with Gasteiger partial charge in [-0.2, -0.15) is 0 Å². The van der Waals surface area contributed by atoms with Crippen molar-refractivity contribution < 1.29 is 22.3 Å². The fourth-order valence-electron chi connectivity index (χ4n) is 4.05. The number of halogens is 2. The van der Waals surface area contributed by atoms with E-state index in [0.29, 0.717) is 48.7 Å². The Labute approximate surface area is 191 Å². The molecule has 4 rings (SSSR count). The number of nitrogen functional groups attached to an aromatic ring is 1. The zero-order valence-corrected chi connectivity index (χ0v) is 18.9. The van der Waals surface area contributed by atoms with Gasteiger partial charge in [0.05, 0.1) is 10.6 Å². The van der Waals surface area contributed by atoms with Gasteiger partial charge in [0.25, 0.3) is 0 Å². The van der Waals surface area contributed by atoms with Crippen LogP contribution in [0.5, 0.6) is 0 Å². The number of piperazine rings is 1. The second-order valence-corrected chi connectivity index (χ2v) is 10.2. The molecule has 1 unspecified atom stereocenters. The number of aliphatic hydroxyl groups is 1. The van der Waals surface area contributed by atoms with Crippen LogP contribution in [0.1, 0.15) is 11.8 Å². The summed E-state index contributed by atoms with van der Waals surface area (Å²) in [6.07, 6.45) is 0.0525. The van der Waals surface area contributed by atoms with Crippen molar-refractivity contribution in [2.75, 3.05) is 43.1 Å². The highest BCUT2D eigenvalue weighted by atomic mass is 32.2. The van der Waals surface area contributed by atoms with Gasteiger partial charge < -0.3 is 15.7 Å². The minimum absolute atomic E-state index is 0.114. The topological polar surface area (TPSA) is 86.9 Å². The summed E-state index contributed by atoms with van der Waals surface area (Å²) in [5.41, 5.74) is 8.65. The maximum absolute atomic E-state index is 14.2. The van der Waals surface area contributed by atoms with E-state index in [-0.39, 0.29) is 4.90 Å². The van der Waals surface area contributed by atoms with Crippen molar-refractivity contribution >= 4 is 21.2 Å². The van der Waals surface area contributed by atoms with Crippen molar-refractivity contribution in [3.8, 4) is 11.1 Å². The van der Waals surface area contributed by atoms with Crippen LogP contribution in [0.2, 0.25) is 0 Å². The number of nitrogens with two attached hydrogens (primary N) is 1. The van der Waals surface area contributed by atoms with Gasteiger partial charge >= 0.3 is 0 Å². The monoisotopic (exact) mass is 473 g/mol. The zero-order valence-electron chi connectivity index (χ0n) is 18.1. The Morgan fingerprint density at radius 3 is 2.21 bits per heavy atom. The van der Waals surface area contributed by atoms with Crippen LogP contribution in [0, 0.1) is 11.6 Å². The van der Waals surface area contributed by atoms with Crippen LogP contribution >= 0.6 is 0 Å². The van der Waals surface area contributed by atoms with E-state index in [4.69, 9.17) is 5.73 Å². The van der Waals surface area contributed by atoms with Crippen LogP contribution in [0.3, 0.4) is 0 Å². The Morgan fingerprint density at radius 1 is 0.939 bits per heavy atom. The molecule has 6 nitrogen and oxygen atoms in total. The third-order valence-corrected chi connectivity index (χ3v) is 6.97. The van der Waals surface area contributed by atoms with Crippen LogP contribution in [0.4, 0.5) is 20.2 Å². The van der Waals surface area contributed by atoms with E-state index in [1.807, 2.05) is 12.1 Å². The average Bonchev–Trinajstić information content (AvgIpc) is 2.78. The van der Waals surface area contributed by atoms with Gasteiger partial charge in [-0.15, -0.1) is 0 Å². The molecule has 0 aromatic heterocycles. The van der Waals surface area contributed by atoms with E-state index < -0.39 is 27.7 Å². The van der Waals surface area contributed by atoms with Gasteiger partial charge in [0.15, 0.2) is 9.84 Å². The van der Waals surface area contributed by atoms with E-state index in [1.165, 1.54) is 24.3 Å². The Bertz CT molecular complexity index is 1260. The lowest BCUT2D eigenvalue weighted by Crippen LogP contribution is -2.48. The highest BCUT2D eigenvalue weighted by Crippen LogP contribution is 2.33. The highest BCUT2D eigenvalue weighted by molar-refractivity contribution is 7.90. The smallest absolute Gasteiger partial charge is 0.175 e. The maximum atomic E-state index is 14.2. The Morgan fingerprint density at radius 2 is 1.61 bits per heavy atom. The van der Waals surface area contributed by atoms with Crippen LogP contribution < -0.4 is 10.6 Å². The first kappa shape index (κ1) is 23.2. The van der Waals surface area contributed by atoms with Gasteiger partial charge in [0, 0.05) is 49.8 Å². The summed E-state index contributed by atoms with van der Waals surface area (Å²) in [5, 5.41) is 11.2. The Kier molecular flexibility index (Phi) is 6.38. The van der Waals surface area contributed by atoms with Gasteiger partial charge in [-0.05, 0) is 47.5 Å². The lowest BCUT2D eigenvalue weighted by atomic mass is 9.97. The molecule has 0 bridgehead atoms. The minimum atomic E-state index is -3.48. The van der Waals surface area contributed by atoms with Gasteiger partial charge in [-0.25, -0.2) is 17.2 Å². The molecule has 0 aliphatic carbocycles. The van der Waals surface area contributed by atoms with Gasteiger partial charge in [0.1, 0.15) is 17.9 Å². The van der Waals surface area contributed by atoms with Gasteiger partial charge in [0.2, 0.25) is 0 Å². The third kappa shape index (κ3) is 5.00. The molecule has 33 heavy (non-hydrogen) atoms. The predicted molar refractivity (Wildman–Crippen MR) is 125 cm³/mol. The normalized spacial score (nSPS) is 16.1. The maximum Gasteiger partial charge on any atom is 0.175 e. The van der Waals surface area contributed by atoms with E-state index >= 15 is 0 Å². The summed E-state index contributed by atoms with van der Waals surface area (Å²) in [4.78, 5) is 3.72. The minimum Gasteiger partial charge on any atom is -0.399 e. The summed E-state index contributed by atoms with van der Waals surface area (Å²) in [6, 6.07) is 15.3. The number of aliphatic hydroxyl groups excluding tert-OH is 1. The first-order valence-corrected chi connectivity index (χ1v) is 12.3. The predicted octanol–water partition coefficient (Wildman–Crippen LogP) is 3.43. The van der Waals surface area contributed by atoms with Crippen molar-refractivity contribution in [3.05, 3.63) is 77.9 Å². The molecule has 1 aliphatic rings. The molecule has 9 heteroatoms. The van der Waals surface area contributed by atoms with Crippen LogP contribution in [0.25, 0.3) is 11.1 Å². The third-order valence-electron chi connectivity index (χ3n) is 5.86. The van der Waals surface area contributed by atoms with E-state index in [9.17, 15) is 22.3 Å². The summed E-state index contributed by atoms with van der Waals surface area (Å²) in [7, 11) is -3.48. The number of nitrogens with zero attached hydrogens (tertiary/aromatic N) is 2. The number of benzene rings is 3. The van der Waals surface area contributed by atoms with E-state index in [1.54, 1.807) is 28.0 Å². The largest absolute Gasteiger partial charge is 0.399 e. The molecule has 174 valence electrons. The molecule has 1 atom stereocenters. The van der Waals surface area contributed by atoms with E-state index in [0.717, 1.165) is 17.9 Å². The highest BCUT2D eigenvalue weighted by Gasteiger charge is 2.27. The second-order valence-electron chi connectivity index (χ2n) is 8.14. The van der Waals surface area contributed by atoms with Crippen LogP contribution in [0.15, 0.2) is 65.6 Å². The number of rotatable bonds is 5. The molecule has 0 amide bonds. The number of sulfone groups is 1. The molecular weight excluding hydrogens is 448 g/mol. The summed E-state index contributed by atoms with van der Waals surface area (Å²) >= 11 is 0. The summed E-state index contributed by atoms with van der Waals surface area (Å²) < 4.78 is 51.7. The summed E-state index contributed by atoms with van der Waals surface area (Å²) in [5.74, 6) is -1.26. The molecule has 1 heterocycles. The van der Waals surface area contributed by atoms with E-state index in [2.05, 4.69) is 0 Å². The number of hydrogen-bond acceptors (Lipinski definition) is 6. The first-order chi connectivity index (χ1) is 15.6. The SMILES string of the molecule is CS(=O)(=O)c1ccc(-c2ccc(N)cc2)c(C(O)N2CCN(c3ccc(F)cc3F)CC2)c1. The standard InChI is InChI=1S/C24H25F2N3O3S/c1-33(31,32)19-7-8-20(16-2-5-18(27)6-3-16)21(15-19)24(30)29-12-10-28(11-13-29)23-9-4-17(25)14-22(23)26/h2-9,14-15,24,30H,10-13,27H2,1H3. The molecule has 1 aliphatic heterocycles. The van der Waals surface area contributed by atoms with Crippen molar-refractivity contribution in [1.29, 1.82) is 0 Å². The van der Waals surface area contributed by atoms with Crippen molar-refractivity contribution in [2.45, 2.75) is 11.1 Å². The van der Waals surface area contributed by atoms with Gasteiger partial charge in [-0.1, -0.05) is 18.2 Å². The van der Waals surface area contributed by atoms with Crippen LogP contribution in [-0.4, -0.2) is 50.9 Å². The molecule has 1 saturated heterocycles. The summed E-state index contributed by atoms with van der Waals surface area (Å²) in [6.45, 7) is 1.65. The number of anilines is 2. The van der Waals surface area contributed by atoms with Crippen molar-refractivity contribution in [2.24, 2.45) is 0 Å². The quantitative estimate of drug-likeness (QED) is 0.552. The van der Waals surface area contributed by atoms with Crippen molar-refractivity contribution in [1.82, 2.24) is 4.90 Å². The second kappa shape index (κ2) is 9.09. The molecule has 0 saturated carbocycles. The zero-order chi connectivity index (χ0) is 23.8. The first-order valence-electron chi connectivity index (χ1n) is 10.5. The molecule has 0 spiro atoms. The lowest BCUT2D eigenvalue weighted by Gasteiger charge is -2.39. The fourth-order valence-corrected chi connectivity index (χ4v) is 4.71. The Hall–Kier alpha value is -3.01. The molecule has 3 N–H and O–H groups in total. The lowest BCUT2D eigenvalue weighted by molar-refractivity contribution is -0.00139. The fraction of sp³-hybridized carbons (Fsp3) is 0.250. The number of hydrogen-bond donors (Lipinski definition) is 2. The molecule has 1 fully saturated rings. The Balaban J connectivity index is 1.61. The molecule has 3 aromatic carbocycles. The van der Waals surface area contributed by atoms with Crippen LogP contribution in [-0.2, 0) is 9.84 Å². The van der Waals surface area contributed by atoms with Gasteiger partial charge in [-0.3, -0.25) is 4.90 Å². The van der Waals surface area contributed by atoms with Crippen molar-refractivity contribution in [3.63, 3.8) is 0 Å². The average molecular weight is 474 g/mol.